The fraction of sp³-hybridized carbons (Fsp3) is 0.350. The summed E-state index contributed by atoms with van der Waals surface area (Å²) in [5, 5.41) is 2.82. The molecule has 0 saturated carbocycles. The second-order valence-electron chi connectivity index (χ2n) is 6.71. The number of rotatable bonds is 6. The van der Waals surface area contributed by atoms with Gasteiger partial charge in [-0.15, -0.1) is 0 Å². The molecule has 2 aromatic rings. The zero-order valence-corrected chi connectivity index (χ0v) is 17.4. The van der Waals surface area contributed by atoms with Gasteiger partial charge in [-0.05, 0) is 62.6 Å². The molecule has 6 nitrogen and oxygen atoms in total. The van der Waals surface area contributed by atoms with Crippen LogP contribution in [0.3, 0.4) is 0 Å². The number of nitrogens with zero attached hydrogens (tertiary/aromatic N) is 1. The van der Waals surface area contributed by atoms with E-state index in [9.17, 15) is 13.2 Å². The van der Waals surface area contributed by atoms with Crippen LogP contribution >= 0.6 is 0 Å². The van der Waals surface area contributed by atoms with E-state index in [1.165, 1.54) is 26.3 Å². The van der Waals surface area contributed by atoms with E-state index >= 15 is 0 Å². The van der Waals surface area contributed by atoms with Crippen molar-refractivity contribution in [3.8, 4) is 5.75 Å². The van der Waals surface area contributed by atoms with Gasteiger partial charge in [0, 0.05) is 12.7 Å². The predicted octanol–water partition coefficient (Wildman–Crippen LogP) is 3.19. The molecule has 0 aliphatic carbocycles. The molecule has 0 radical (unpaired) electrons. The van der Waals surface area contributed by atoms with Crippen LogP contribution in [0.5, 0.6) is 5.75 Å². The summed E-state index contributed by atoms with van der Waals surface area (Å²) in [6.07, 6.45) is 0. The van der Waals surface area contributed by atoms with Crippen molar-refractivity contribution in [1.82, 2.24) is 4.31 Å². The van der Waals surface area contributed by atoms with E-state index in [2.05, 4.69) is 5.32 Å². The van der Waals surface area contributed by atoms with E-state index in [0.29, 0.717) is 11.3 Å². The van der Waals surface area contributed by atoms with E-state index in [0.717, 1.165) is 26.7 Å². The van der Waals surface area contributed by atoms with Gasteiger partial charge in [0.25, 0.3) is 0 Å². The van der Waals surface area contributed by atoms with Gasteiger partial charge in [-0.2, -0.15) is 4.31 Å². The standard InChI is InChI=1S/C20H26N2O4S/c1-13-9-15(3)20(16(4)10-13)21-19(23)12-22(5)27(24,25)17-7-8-18(26-6)14(2)11-17/h7-11H,12H2,1-6H3,(H,21,23). The Bertz CT molecular complexity index is 945. The number of hydrogen-bond donors (Lipinski definition) is 1. The SMILES string of the molecule is COc1ccc(S(=O)(=O)N(C)CC(=O)Nc2c(C)cc(C)cc2C)cc1C. The first-order valence-electron chi connectivity index (χ1n) is 8.55. The molecule has 0 aromatic heterocycles. The van der Waals surface area contributed by atoms with Crippen molar-refractivity contribution in [2.24, 2.45) is 0 Å². The minimum Gasteiger partial charge on any atom is -0.496 e. The summed E-state index contributed by atoms with van der Waals surface area (Å²) in [4.78, 5) is 12.5. The zero-order chi connectivity index (χ0) is 20.4. The van der Waals surface area contributed by atoms with Crippen LogP contribution in [-0.2, 0) is 14.8 Å². The maximum Gasteiger partial charge on any atom is 0.243 e. The van der Waals surface area contributed by atoms with Gasteiger partial charge in [-0.25, -0.2) is 8.42 Å². The minimum atomic E-state index is -3.78. The number of hydrogen-bond acceptors (Lipinski definition) is 4. The third-order valence-corrected chi connectivity index (χ3v) is 6.18. The van der Waals surface area contributed by atoms with Crippen molar-refractivity contribution in [2.45, 2.75) is 32.6 Å². The van der Waals surface area contributed by atoms with Gasteiger partial charge < -0.3 is 10.1 Å². The highest BCUT2D eigenvalue weighted by molar-refractivity contribution is 7.89. The number of carbonyl (C=O) groups is 1. The van der Waals surface area contributed by atoms with Crippen molar-refractivity contribution in [3.63, 3.8) is 0 Å². The highest BCUT2D eigenvalue weighted by Crippen LogP contribution is 2.24. The summed E-state index contributed by atoms with van der Waals surface area (Å²) in [5.74, 6) is 0.223. The number of aryl methyl sites for hydroxylation is 4. The Labute approximate surface area is 161 Å². The van der Waals surface area contributed by atoms with E-state index < -0.39 is 10.0 Å². The van der Waals surface area contributed by atoms with E-state index in [4.69, 9.17) is 4.74 Å². The molecule has 0 fully saturated rings. The van der Waals surface area contributed by atoms with Gasteiger partial charge in [-0.3, -0.25) is 4.79 Å². The zero-order valence-electron chi connectivity index (χ0n) is 16.6. The number of carbonyl (C=O) groups excluding carboxylic acids is 1. The summed E-state index contributed by atoms with van der Waals surface area (Å²) >= 11 is 0. The monoisotopic (exact) mass is 390 g/mol. The molecule has 0 aliphatic heterocycles. The van der Waals surface area contributed by atoms with Crippen molar-refractivity contribution in [1.29, 1.82) is 0 Å². The molecule has 7 heteroatoms. The van der Waals surface area contributed by atoms with Crippen LogP contribution in [-0.4, -0.2) is 39.3 Å². The molecule has 0 spiro atoms. The number of methoxy groups -OCH3 is 1. The first-order chi connectivity index (χ1) is 12.6. The lowest BCUT2D eigenvalue weighted by Gasteiger charge is -2.19. The summed E-state index contributed by atoms with van der Waals surface area (Å²) in [6.45, 7) is 7.31. The van der Waals surface area contributed by atoms with E-state index in [1.54, 1.807) is 13.0 Å². The number of anilines is 1. The van der Waals surface area contributed by atoms with Gasteiger partial charge in [0.15, 0.2) is 0 Å². The molecule has 146 valence electrons. The number of likely N-dealkylation sites (N-methyl/N-ethyl adjacent to an activating group) is 1. The number of ether oxygens (including phenoxy) is 1. The Kier molecular flexibility index (Phi) is 6.28. The molecule has 2 rings (SSSR count). The molecule has 0 aliphatic rings. The van der Waals surface area contributed by atoms with Crippen LogP contribution in [0.1, 0.15) is 22.3 Å². The van der Waals surface area contributed by atoms with Gasteiger partial charge in [0.1, 0.15) is 5.75 Å². The maximum atomic E-state index is 12.8. The molecule has 0 heterocycles. The molecule has 0 unspecified atom stereocenters. The van der Waals surface area contributed by atoms with Gasteiger partial charge in [0.2, 0.25) is 15.9 Å². The van der Waals surface area contributed by atoms with Gasteiger partial charge >= 0.3 is 0 Å². The molecule has 2 aromatic carbocycles. The molecule has 0 atom stereocenters. The number of nitrogens with one attached hydrogen (secondary N) is 1. The lowest BCUT2D eigenvalue weighted by atomic mass is 10.1. The Morgan fingerprint density at radius 2 is 1.63 bits per heavy atom. The van der Waals surface area contributed by atoms with Crippen LogP contribution in [0.2, 0.25) is 0 Å². The highest BCUT2D eigenvalue weighted by atomic mass is 32.2. The third-order valence-electron chi connectivity index (χ3n) is 4.38. The topological polar surface area (TPSA) is 75.7 Å². The molecule has 1 N–H and O–H groups in total. The highest BCUT2D eigenvalue weighted by Gasteiger charge is 2.24. The molecule has 1 amide bonds. The summed E-state index contributed by atoms with van der Waals surface area (Å²) < 4.78 is 31.7. The number of sulfonamides is 1. The number of amides is 1. The van der Waals surface area contributed by atoms with Gasteiger partial charge in [-0.1, -0.05) is 17.7 Å². The first kappa shape index (κ1) is 20.9. The fourth-order valence-electron chi connectivity index (χ4n) is 3.03. The Morgan fingerprint density at radius 1 is 1.04 bits per heavy atom. The van der Waals surface area contributed by atoms with Crippen molar-refractivity contribution in [3.05, 3.63) is 52.6 Å². The third kappa shape index (κ3) is 4.67. The van der Waals surface area contributed by atoms with E-state index in [-0.39, 0.29) is 17.3 Å². The lowest BCUT2D eigenvalue weighted by Crippen LogP contribution is -2.35. The van der Waals surface area contributed by atoms with Crippen LogP contribution < -0.4 is 10.1 Å². The summed E-state index contributed by atoms with van der Waals surface area (Å²) in [6, 6.07) is 8.57. The number of benzene rings is 2. The van der Waals surface area contributed by atoms with Crippen LogP contribution in [0.25, 0.3) is 0 Å². The molecular weight excluding hydrogens is 364 g/mol. The van der Waals surface area contributed by atoms with Crippen molar-refractivity contribution >= 4 is 21.6 Å². The van der Waals surface area contributed by atoms with Crippen molar-refractivity contribution in [2.75, 3.05) is 26.0 Å². The quantitative estimate of drug-likeness (QED) is 0.822. The van der Waals surface area contributed by atoms with Crippen LogP contribution in [0.4, 0.5) is 5.69 Å². The fourth-order valence-corrected chi connectivity index (χ4v) is 4.25. The molecule has 0 bridgehead atoms. The molecular formula is C20H26N2O4S. The second-order valence-corrected chi connectivity index (χ2v) is 8.76. The van der Waals surface area contributed by atoms with Crippen LogP contribution in [0, 0.1) is 27.7 Å². The Balaban J connectivity index is 2.17. The smallest absolute Gasteiger partial charge is 0.243 e. The normalized spacial score (nSPS) is 11.5. The molecule has 27 heavy (non-hydrogen) atoms. The van der Waals surface area contributed by atoms with E-state index in [1.807, 2.05) is 32.9 Å². The first-order valence-corrected chi connectivity index (χ1v) is 9.99. The Hall–Kier alpha value is -2.38. The Morgan fingerprint density at radius 3 is 2.15 bits per heavy atom. The van der Waals surface area contributed by atoms with Crippen LogP contribution in [0.15, 0.2) is 35.2 Å². The average molecular weight is 391 g/mol. The summed E-state index contributed by atoms with van der Waals surface area (Å²) in [7, 11) is -0.862. The lowest BCUT2D eigenvalue weighted by molar-refractivity contribution is -0.116. The van der Waals surface area contributed by atoms with Gasteiger partial charge in [0.05, 0.1) is 18.6 Å². The molecule has 0 saturated heterocycles. The van der Waals surface area contributed by atoms with Crippen molar-refractivity contribution < 1.29 is 17.9 Å². The predicted molar refractivity (Wildman–Crippen MR) is 107 cm³/mol. The second kappa shape index (κ2) is 8.10. The summed E-state index contributed by atoms with van der Waals surface area (Å²) in [5.41, 5.74) is 4.42. The minimum absolute atomic E-state index is 0.124. The average Bonchev–Trinajstić information content (AvgIpc) is 2.57. The maximum absolute atomic E-state index is 12.8. The largest absolute Gasteiger partial charge is 0.496 e.